The highest BCUT2D eigenvalue weighted by Crippen LogP contribution is 2.31. The van der Waals surface area contributed by atoms with Crippen molar-refractivity contribution >= 4 is 16.6 Å². The fourth-order valence-corrected chi connectivity index (χ4v) is 2.35. The van der Waals surface area contributed by atoms with Crippen molar-refractivity contribution in [2.45, 2.75) is 6.10 Å². The summed E-state index contributed by atoms with van der Waals surface area (Å²) in [7, 11) is 0. The normalized spacial score (nSPS) is 12.0. The monoisotopic (exact) mass is 310 g/mol. The first-order chi connectivity index (χ1) is 11.2. The number of nitro benzene ring substituents is 1. The van der Waals surface area contributed by atoms with Gasteiger partial charge in [-0.05, 0) is 23.8 Å². The second kappa shape index (κ2) is 6.41. The maximum atomic E-state index is 11.1. The summed E-state index contributed by atoms with van der Waals surface area (Å²) in [5.74, 6) is 0.404. The minimum Gasteiger partial charge on any atom is -0.488 e. The summed E-state index contributed by atoms with van der Waals surface area (Å²) in [5.41, 5.74) is 1.12. The van der Waals surface area contributed by atoms with Crippen LogP contribution in [0.25, 0.3) is 10.9 Å². The minimum atomic E-state index is -0.787. The lowest BCUT2D eigenvalue weighted by atomic mass is 10.1. The number of aliphatic hydroxyl groups excluding tert-OH is 1. The molecular weight excluding hydrogens is 296 g/mol. The van der Waals surface area contributed by atoms with E-state index in [0.717, 1.165) is 5.56 Å². The number of rotatable bonds is 5. The Hall–Kier alpha value is -2.99. The van der Waals surface area contributed by atoms with E-state index < -0.39 is 11.0 Å². The number of benzene rings is 2. The Morgan fingerprint density at radius 3 is 2.65 bits per heavy atom. The van der Waals surface area contributed by atoms with Gasteiger partial charge in [0.15, 0.2) is 0 Å². The van der Waals surface area contributed by atoms with Crippen LogP contribution in [0.1, 0.15) is 11.7 Å². The van der Waals surface area contributed by atoms with Crippen LogP contribution >= 0.6 is 0 Å². The number of aliphatic hydroxyl groups is 1. The van der Waals surface area contributed by atoms with Crippen LogP contribution in [0.2, 0.25) is 0 Å². The highest BCUT2D eigenvalue weighted by molar-refractivity contribution is 5.92. The molecule has 3 aromatic rings. The lowest BCUT2D eigenvalue weighted by molar-refractivity contribution is -0.383. The predicted molar refractivity (Wildman–Crippen MR) is 85.3 cm³/mol. The van der Waals surface area contributed by atoms with Crippen molar-refractivity contribution < 1.29 is 14.8 Å². The molecule has 0 fully saturated rings. The Kier molecular flexibility index (Phi) is 4.16. The van der Waals surface area contributed by atoms with E-state index in [0.29, 0.717) is 16.7 Å². The molecule has 1 N–H and O–H groups in total. The molecule has 6 heteroatoms. The summed E-state index contributed by atoms with van der Waals surface area (Å²) in [4.78, 5) is 14.8. The largest absolute Gasteiger partial charge is 0.488 e. The standard InChI is InChI=1S/C17H14N2O4/c20-15(12-5-2-1-3-6-12)11-23-16-9-8-14(19(21)22)13-7-4-10-18-17(13)16/h1-10,15,20H,11H2/t15-/m0/s1. The zero-order valence-electron chi connectivity index (χ0n) is 12.1. The number of hydrogen-bond acceptors (Lipinski definition) is 5. The van der Waals surface area contributed by atoms with E-state index in [-0.39, 0.29) is 12.3 Å². The molecule has 0 saturated heterocycles. The Labute approximate surface area is 132 Å². The fraction of sp³-hybridized carbons (Fsp3) is 0.118. The van der Waals surface area contributed by atoms with E-state index in [9.17, 15) is 15.2 Å². The molecule has 0 aliphatic heterocycles. The van der Waals surface area contributed by atoms with Crippen molar-refractivity contribution in [1.82, 2.24) is 4.98 Å². The van der Waals surface area contributed by atoms with Gasteiger partial charge in [-0.3, -0.25) is 15.1 Å². The van der Waals surface area contributed by atoms with Crippen LogP contribution in [0.3, 0.4) is 0 Å². The van der Waals surface area contributed by atoms with E-state index in [1.54, 1.807) is 30.5 Å². The van der Waals surface area contributed by atoms with Gasteiger partial charge in [-0.25, -0.2) is 0 Å². The summed E-state index contributed by atoms with van der Waals surface area (Å²) in [5, 5.41) is 21.6. The van der Waals surface area contributed by atoms with Crippen molar-refractivity contribution in [3.63, 3.8) is 0 Å². The molecule has 23 heavy (non-hydrogen) atoms. The number of hydrogen-bond donors (Lipinski definition) is 1. The third-order valence-corrected chi connectivity index (χ3v) is 3.49. The highest BCUT2D eigenvalue weighted by Gasteiger charge is 2.16. The first-order valence-corrected chi connectivity index (χ1v) is 7.05. The molecule has 0 unspecified atom stereocenters. The second-order valence-electron chi connectivity index (χ2n) is 4.98. The third-order valence-electron chi connectivity index (χ3n) is 3.49. The number of fused-ring (bicyclic) bond motifs is 1. The second-order valence-corrected chi connectivity index (χ2v) is 4.98. The molecule has 3 rings (SSSR count). The number of aromatic nitrogens is 1. The molecule has 116 valence electrons. The van der Waals surface area contributed by atoms with E-state index in [1.807, 2.05) is 18.2 Å². The molecule has 0 spiro atoms. The molecule has 0 radical (unpaired) electrons. The van der Waals surface area contributed by atoms with Crippen LogP contribution in [0.15, 0.2) is 60.8 Å². The molecule has 0 aliphatic rings. The summed E-state index contributed by atoms with van der Waals surface area (Å²) in [6.07, 6.45) is 0.761. The van der Waals surface area contributed by atoms with Gasteiger partial charge in [-0.15, -0.1) is 0 Å². The minimum absolute atomic E-state index is 0.0240. The molecule has 0 bridgehead atoms. The van der Waals surface area contributed by atoms with Crippen LogP contribution < -0.4 is 4.74 Å². The molecule has 0 amide bonds. The van der Waals surface area contributed by atoms with Gasteiger partial charge in [0.1, 0.15) is 24.0 Å². The lowest BCUT2D eigenvalue weighted by Gasteiger charge is -2.13. The number of nitro groups is 1. The van der Waals surface area contributed by atoms with Crippen LogP contribution in [-0.4, -0.2) is 21.6 Å². The summed E-state index contributed by atoms with van der Waals surface area (Å²) < 4.78 is 5.64. The molecule has 1 heterocycles. The lowest BCUT2D eigenvalue weighted by Crippen LogP contribution is -2.10. The van der Waals surface area contributed by atoms with Crippen LogP contribution in [-0.2, 0) is 0 Å². The van der Waals surface area contributed by atoms with Gasteiger partial charge in [0.05, 0.1) is 10.3 Å². The van der Waals surface area contributed by atoms with Gasteiger partial charge in [0, 0.05) is 12.3 Å². The molecule has 0 aliphatic carbocycles. The summed E-state index contributed by atoms with van der Waals surface area (Å²) in [6, 6.07) is 15.3. The fourth-order valence-electron chi connectivity index (χ4n) is 2.35. The Balaban J connectivity index is 1.87. The average Bonchev–Trinajstić information content (AvgIpc) is 2.59. The molecular formula is C17H14N2O4. The van der Waals surface area contributed by atoms with Gasteiger partial charge in [-0.2, -0.15) is 0 Å². The average molecular weight is 310 g/mol. The zero-order valence-corrected chi connectivity index (χ0v) is 12.1. The topological polar surface area (TPSA) is 85.5 Å². The van der Waals surface area contributed by atoms with Crippen LogP contribution in [0.4, 0.5) is 5.69 Å². The maximum absolute atomic E-state index is 11.1. The van der Waals surface area contributed by atoms with Gasteiger partial charge in [-0.1, -0.05) is 30.3 Å². The number of pyridine rings is 1. The number of ether oxygens (including phenoxy) is 1. The zero-order chi connectivity index (χ0) is 16.2. The summed E-state index contributed by atoms with van der Waals surface area (Å²) >= 11 is 0. The molecule has 1 atom stereocenters. The SMILES string of the molecule is O=[N+]([O-])c1ccc(OC[C@H](O)c2ccccc2)c2ncccc12. The number of non-ortho nitro benzene ring substituents is 1. The Bertz CT molecular complexity index is 836. The Morgan fingerprint density at radius 2 is 1.91 bits per heavy atom. The van der Waals surface area contributed by atoms with E-state index >= 15 is 0 Å². The number of nitrogens with zero attached hydrogens (tertiary/aromatic N) is 2. The van der Waals surface area contributed by atoms with Crippen molar-refractivity contribution in [3.8, 4) is 5.75 Å². The third kappa shape index (κ3) is 3.12. The Morgan fingerprint density at radius 1 is 1.13 bits per heavy atom. The molecule has 1 aromatic heterocycles. The van der Waals surface area contributed by atoms with Gasteiger partial charge >= 0.3 is 0 Å². The predicted octanol–water partition coefficient (Wildman–Crippen LogP) is 3.26. The van der Waals surface area contributed by atoms with E-state index in [2.05, 4.69) is 4.98 Å². The smallest absolute Gasteiger partial charge is 0.279 e. The van der Waals surface area contributed by atoms with Gasteiger partial charge in [0.25, 0.3) is 5.69 Å². The van der Waals surface area contributed by atoms with Crippen molar-refractivity contribution in [2.75, 3.05) is 6.61 Å². The van der Waals surface area contributed by atoms with E-state index in [1.165, 1.54) is 12.1 Å². The first kappa shape index (κ1) is 14.9. The van der Waals surface area contributed by atoms with Crippen molar-refractivity contribution in [1.29, 1.82) is 0 Å². The van der Waals surface area contributed by atoms with Gasteiger partial charge < -0.3 is 9.84 Å². The molecule has 0 saturated carbocycles. The van der Waals surface area contributed by atoms with E-state index in [4.69, 9.17) is 4.74 Å². The highest BCUT2D eigenvalue weighted by atomic mass is 16.6. The quantitative estimate of drug-likeness (QED) is 0.577. The molecule has 2 aromatic carbocycles. The first-order valence-electron chi connectivity index (χ1n) is 7.05. The maximum Gasteiger partial charge on any atom is 0.279 e. The molecule has 6 nitrogen and oxygen atoms in total. The van der Waals surface area contributed by atoms with Crippen LogP contribution in [0, 0.1) is 10.1 Å². The van der Waals surface area contributed by atoms with Crippen molar-refractivity contribution in [2.24, 2.45) is 0 Å². The summed E-state index contributed by atoms with van der Waals surface area (Å²) in [6.45, 7) is 0.0352. The van der Waals surface area contributed by atoms with Crippen LogP contribution in [0.5, 0.6) is 5.75 Å². The van der Waals surface area contributed by atoms with Gasteiger partial charge in [0.2, 0.25) is 0 Å². The van der Waals surface area contributed by atoms with Crippen molar-refractivity contribution in [3.05, 3.63) is 76.5 Å².